The van der Waals surface area contributed by atoms with Crippen LogP contribution in [0.5, 0.6) is 0 Å². The lowest BCUT2D eigenvalue weighted by atomic mass is 10.2. The quantitative estimate of drug-likeness (QED) is 0.696. The maximum Gasteiger partial charge on any atom is 0.154 e. The molecule has 2 nitrogen and oxygen atoms in total. The highest BCUT2D eigenvalue weighted by atomic mass is 14.9. The summed E-state index contributed by atoms with van der Waals surface area (Å²) in [6, 6.07) is 0. The molecule has 1 rings (SSSR count). The largest absolute Gasteiger partial charge is 0.237 e. The number of rotatable bonds is 2. The highest BCUT2D eigenvalue weighted by Gasteiger charge is 1.96. The number of hydrogen-bond donors (Lipinski definition) is 0. The van der Waals surface area contributed by atoms with Gasteiger partial charge in [-0.1, -0.05) is 31.6 Å². The molecule has 88 valence electrons. The van der Waals surface area contributed by atoms with Crippen LogP contribution in [0.2, 0.25) is 0 Å². The fourth-order valence-corrected chi connectivity index (χ4v) is 0.962. The van der Waals surface area contributed by atoms with Gasteiger partial charge in [-0.05, 0) is 38.8 Å². The van der Waals surface area contributed by atoms with Gasteiger partial charge in [0.2, 0.25) is 0 Å². The lowest BCUT2D eigenvalue weighted by Crippen LogP contribution is -1.91. The van der Waals surface area contributed by atoms with Crippen molar-refractivity contribution in [3.63, 3.8) is 0 Å². The van der Waals surface area contributed by atoms with Gasteiger partial charge >= 0.3 is 0 Å². The summed E-state index contributed by atoms with van der Waals surface area (Å²) in [4.78, 5) is 8.49. The Kier molecular flexibility index (Phi) is 7.10. The summed E-state index contributed by atoms with van der Waals surface area (Å²) in [5, 5.41) is 0. The molecular weight excluding hydrogens is 196 g/mol. The molecular formula is C14H22N2. The molecule has 0 aliphatic heterocycles. The number of aromatic nitrogens is 2. The van der Waals surface area contributed by atoms with Crippen molar-refractivity contribution in [1.29, 1.82) is 0 Å². The molecule has 0 N–H and O–H groups in total. The Morgan fingerprint density at radius 1 is 1.00 bits per heavy atom. The zero-order valence-electron chi connectivity index (χ0n) is 11.2. The maximum absolute atomic E-state index is 4.25. The second-order valence-electron chi connectivity index (χ2n) is 3.68. The Morgan fingerprint density at radius 2 is 1.50 bits per heavy atom. The average Bonchev–Trinajstić information content (AvgIpc) is 2.29. The lowest BCUT2D eigenvalue weighted by Gasteiger charge is -1.98. The molecule has 0 saturated carbocycles. The van der Waals surface area contributed by atoms with Gasteiger partial charge in [-0.15, -0.1) is 0 Å². The van der Waals surface area contributed by atoms with E-state index in [2.05, 4.69) is 29.9 Å². The first-order valence-electron chi connectivity index (χ1n) is 5.70. The van der Waals surface area contributed by atoms with Crippen molar-refractivity contribution in [2.24, 2.45) is 0 Å². The molecule has 0 radical (unpaired) electrons. The van der Waals surface area contributed by atoms with E-state index in [-0.39, 0.29) is 0 Å². The highest BCUT2D eigenvalue weighted by Crippen LogP contribution is 2.08. The standard InChI is InChI=1S/C12H16N2.C2H6/c1-9(2)5-6-11(4)12-13-7-10(3)8-14-12;1-2/h5-8H,1-4H3;1-2H3/b11-6+;. The van der Waals surface area contributed by atoms with Crippen LogP contribution in [0, 0.1) is 6.92 Å². The van der Waals surface area contributed by atoms with Crippen LogP contribution in [-0.2, 0) is 0 Å². The van der Waals surface area contributed by atoms with Gasteiger partial charge < -0.3 is 0 Å². The molecule has 1 aromatic heterocycles. The zero-order chi connectivity index (χ0) is 12.6. The van der Waals surface area contributed by atoms with Crippen molar-refractivity contribution < 1.29 is 0 Å². The van der Waals surface area contributed by atoms with Gasteiger partial charge in [0.25, 0.3) is 0 Å². The van der Waals surface area contributed by atoms with E-state index in [0.717, 1.165) is 17.0 Å². The average molecular weight is 218 g/mol. The van der Waals surface area contributed by atoms with E-state index in [1.54, 1.807) is 0 Å². The summed E-state index contributed by atoms with van der Waals surface area (Å²) in [6.07, 6.45) is 7.78. The molecule has 16 heavy (non-hydrogen) atoms. The fraction of sp³-hybridized carbons (Fsp3) is 0.429. The fourth-order valence-electron chi connectivity index (χ4n) is 0.962. The third-order valence-corrected chi connectivity index (χ3v) is 1.80. The number of nitrogens with zero attached hydrogens (tertiary/aromatic N) is 2. The molecule has 0 fully saturated rings. The minimum absolute atomic E-state index is 0.799. The lowest BCUT2D eigenvalue weighted by molar-refractivity contribution is 1.08. The van der Waals surface area contributed by atoms with Crippen LogP contribution >= 0.6 is 0 Å². The van der Waals surface area contributed by atoms with Crippen molar-refractivity contribution >= 4 is 5.57 Å². The molecule has 0 unspecified atom stereocenters. The van der Waals surface area contributed by atoms with E-state index in [4.69, 9.17) is 0 Å². The second kappa shape index (κ2) is 7.80. The molecule has 0 aromatic carbocycles. The van der Waals surface area contributed by atoms with E-state index >= 15 is 0 Å². The first-order valence-corrected chi connectivity index (χ1v) is 5.70. The highest BCUT2D eigenvalue weighted by molar-refractivity contribution is 5.59. The monoisotopic (exact) mass is 218 g/mol. The van der Waals surface area contributed by atoms with Crippen LogP contribution in [-0.4, -0.2) is 9.97 Å². The summed E-state index contributed by atoms with van der Waals surface area (Å²) in [6.45, 7) is 12.1. The van der Waals surface area contributed by atoms with Crippen LogP contribution in [0.3, 0.4) is 0 Å². The van der Waals surface area contributed by atoms with Gasteiger partial charge in [-0.3, -0.25) is 0 Å². The SMILES string of the molecule is CC.CC(C)=C/C=C(\C)c1ncc(C)cn1. The van der Waals surface area contributed by atoms with E-state index in [1.165, 1.54) is 5.57 Å². The Morgan fingerprint density at radius 3 is 1.94 bits per heavy atom. The van der Waals surface area contributed by atoms with Crippen LogP contribution in [0.25, 0.3) is 5.57 Å². The summed E-state index contributed by atoms with van der Waals surface area (Å²) in [5.74, 6) is 0.799. The van der Waals surface area contributed by atoms with Crippen molar-refractivity contribution in [1.82, 2.24) is 9.97 Å². The molecule has 1 heterocycles. The van der Waals surface area contributed by atoms with Gasteiger partial charge in [-0.25, -0.2) is 9.97 Å². The van der Waals surface area contributed by atoms with Gasteiger partial charge in [0.05, 0.1) is 0 Å². The smallest absolute Gasteiger partial charge is 0.154 e. The van der Waals surface area contributed by atoms with Gasteiger partial charge in [-0.2, -0.15) is 0 Å². The van der Waals surface area contributed by atoms with Crippen molar-refractivity contribution in [3.05, 3.63) is 41.5 Å². The second-order valence-corrected chi connectivity index (χ2v) is 3.68. The summed E-state index contributed by atoms with van der Waals surface area (Å²) in [7, 11) is 0. The van der Waals surface area contributed by atoms with Crippen molar-refractivity contribution in [2.75, 3.05) is 0 Å². The van der Waals surface area contributed by atoms with E-state index in [1.807, 2.05) is 46.2 Å². The Bertz CT molecular complexity index is 355. The van der Waals surface area contributed by atoms with Gasteiger partial charge in [0, 0.05) is 12.4 Å². The molecule has 0 amide bonds. The minimum atomic E-state index is 0.799. The third kappa shape index (κ3) is 5.44. The zero-order valence-corrected chi connectivity index (χ0v) is 11.2. The molecule has 0 aliphatic carbocycles. The molecule has 0 saturated heterocycles. The van der Waals surface area contributed by atoms with Gasteiger partial charge in [0.15, 0.2) is 5.82 Å². The van der Waals surface area contributed by atoms with Gasteiger partial charge in [0.1, 0.15) is 0 Å². The summed E-state index contributed by atoms with van der Waals surface area (Å²) >= 11 is 0. The minimum Gasteiger partial charge on any atom is -0.237 e. The normalized spacial score (nSPS) is 10.2. The Balaban J connectivity index is 0.00000106. The number of allylic oxidation sites excluding steroid dienone is 4. The summed E-state index contributed by atoms with van der Waals surface area (Å²) in [5.41, 5.74) is 3.45. The maximum atomic E-state index is 4.25. The third-order valence-electron chi connectivity index (χ3n) is 1.80. The topological polar surface area (TPSA) is 25.8 Å². The molecule has 0 atom stereocenters. The number of hydrogen-bond acceptors (Lipinski definition) is 2. The van der Waals surface area contributed by atoms with E-state index < -0.39 is 0 Å². The van der Waals surface area contributed by atoms with Crippen LogP contribution in [0.4, 0.5) is 0 Å². The van der Waals surface area contributed by atoms with Crippen molar-refractivity contribution in [2.45, 2.75) is 41.5 Å². The Hall–Kier alpha value is -1.44. The van der Waals surface area contributed by atoms with Crippen molar-refractivity contribution in [3.8, 4) is 0 Å². The van der Waals surface area contributed by atoms with E-state index in [0.29, 0.717) is 0 Å². The predicted octanol–water partition coefficient (Wildman–Crippen LogP) is 4.18. The predicted molar refractivity (Wildman–Crippen MR) is 71.2 cm³/mol. The van der Waals surface area contributed by atoms with E-state index in [9.17, 15) is 0 Å². The molecule has 0 spiro atoms. The van der Waals surface area contributed by atoms with Crippen LogP contribution in [0.15, 0.2) is 30.1 Å². The Labute approximate surface area is 99.1 Å². The first-order chi connectivity index (χ1) is 7.59. The van der Waals surface area contributed by atoms with Crippen LogP contribution < -0.4 is 0 Å². The molecule has 0 aliphatic rings. The summed E-state index contributed by atoms with van der Waals surface area (Å²) < 4.78 is 0. The molecule has 2 heteroatoms. The molecule has 1 aromatic rings. The first kappa shape index (κ1) is 14.6. The molecule has 0 bridgehead atoms. The number of aryl methyl sites for hydroxylation is 1. The van der Waals surface area contributed by atoms with Crippen LogP contribution in [0.1, 0.15) is 46.0 Å².